The molecule has 1 aromatic heterocycles. The molecule has 0 fully saturated rings. The van der Waals surface area contributed by atoms with Crippen molar-refractivity contribution in [3.05, 3.63) is 46.4 Å². The summed E-state index contributed by atoms with van der Waals surface area (Å²) in [5.74, 6) is 0.616. The third-order valence-electron chi connectivity index (χ3n) is 3.06. The standard InChI is InChI=1S/C15H17ClN2O/c1-4-19-9-15-17-13(8-14(16)18-15)12-7-5-6-10(2)11(12)3/h5-8H,4,9H2,1-3H3. The highest BCUT2D eigenvalue weighted by atomic mass is 35.5. The molecule has 0 atom stereocenters. The summed E-state index contributed by atoms with van der Waals surface area (Å²) in [6, 6.07) is 7.95. The van der Waals surface area contributed by atoms with Crippen molar-refractivity contribution in [2.24, 2.45) is 0 Å². The van der Waals surface area contributed by atoms with Crippen molar-refractivity contribution in [1.29, 1.82) is 0 Å². The van der Waals surface area contributed by atoms with Gasteiger partial charge in [0.25, 0.3) is 0 Å². The van der Waals surface area contributed by atoms with Gasteiger partial charge in [-0.25, -0.2) is 9.97 Å². The lowest BCUT2D eigenvalue weighted by Crippen LogP contribution is -2.01. The van der Waals surface area contributed by atoms with Crippen molar-refractivity contribution in [2.45, 2.75) is 27.4 Å². The topological polar surface area (TPSA) is 35.0 Å². The van der Waals surface area contributed by atoms with Gasteiger partial charge < -0.3 is 4.74 Å². The molecule has 0 N–H and O–H groups in total. The van der Waals surface area contributed by atoms with E-state index in [-0.39, 0.29) is 0 Å². The molecule has 1 aromatic carbocycles. The van der Waals surface area contributed by atoms with E-state index >= 15 is 0 Å². The molecule has 1 heterocycles. The monoisotopic (exact) mass is 276 g/mol. The second-order valence-electron chi connectivity index (χ2n) is 4.38. The van der Waals surface area contributed by atoms with Crippen molar-refractivity contribution in [1.82, 2.24) is 9.97 Å². The van der Waals surface area contributed by atoms with Gasteiger partial charge in [-0.2, -0.15) is 0 Å². The number of nitrogens with zero attached hydrogens (tertiary/aromatic N) is 2. The van der Waals surface area contributed by atoms with Crippen LogP contribution in [0.4, 0.5) is 0 Å². The van der Waals surface area contributed by atoms with Gasteiger partial charge in [0.05, 0.1) is 5.69 Å². The minimum absolute atomic E-state index is 0.384. The zero-order valence-corrected chi connectivity index (χ0v) is 12.2. The van der Waals surface area contributed by atoms with Crippen LogP contribution in [0.25, 0.3) is 11.3 Å². The van der Waals surface area contributed by atoms with Gasteiger partial charge in [0.15, 0.2) is 5.82 Å². The van der Waals surface area contributed by atoms with Crippen LogP contribution in [-0.4, -0.2) is 16.6 Å². The number of aryl methyl sites for hydroxylation is 1. The summed E-state index contributed by atoms with van der Waals surface area (Å²) in [6.45, 7) is 7.13. The van der Waals surface area contributed by atoms with E-state index in [1.54, 1.807) is 6.07 Å². The number of benzene rings is 1. The Hall–Kier alpha value is -1.45. The number of halogens is 1. The van der Waals surface area contributed by atoms with Crippen molar-refractivity contribution in [3.63, 3.8) is 0 Å². The molecule has 4 heteroatoms. The Morgan fingerprint density at radius 1 is 1.21 bits per heavy atom. The lowest BCUT2D eigenvalue weighted by molar-refractivity contribution is 0.128. The van der Waals surface area contributed by atoms with Gasteiger partial charge in [-0.05, 0) is 31.9 Å². The fourth-order valence-electron chi connectivity index (χ4n) is 1.89. The molecule has 0 aliphatic carbocycles. The molecule has 0 spiro atoms. The first-order chi connectivity index (χ1) is 9.11. The van der Waals surface area contributed by atoms with E-state index in [2.05, 4.69) is 29.9 Å². The molecule has 0 unspecified atom stereocenters. The summed E-state index contributed by atoms with van der Waals surface area (Å²) < 4.78 is 5.34. The molecular weight excluding hydrogens is 260 g/mol. The van der Waals surface area contributed by atoms with Crippen molar-refractivity contribution < 1.29 is 4.74 Å². The number of hydrogen-bond acceptors (Lipinski definition) is 3. The van der Waals surface area contributed by atoms with Crippen LogP contribution >= 0.6 is 11.6 Å². The summed E-state index contributed by atoms with van der Waals surface area (Å²) in [5, 5.41) is 0.445. The molecule has 0 amide bonds. The molecule has 3 nitrogen and oxygen atoms in total. The first kappa shape index (κ1) is 14.0. The Kier molecular flexibility index (Phi) is 4.51. The minimum Gasteiger partial charge on any atom is -0.374 e. The van der Waals surface area contributed by atoms with E-state index in [1.807, 2.05) is 19.1 Å². The lowest BCUT2D eigenvalue weighted by Gasteiger charge is -2.09. The maximum atomic E-state index is 6.06. The number of rotatable bonds is 4. The Morgan fingerprint density at radius 3 is 2.74 bits per heavy atom. The summed E-state index contributed by atoms with van der Waals surface area (Å²) in [5.41, 5.74) is 4.37. The summed E-state index contributed by atoms with van der Waals surface area (Å²) >= 11 is 6.06. The largest absolute Gasteiger partial charge is 0.374 e. The molecule has 0 bridgehead atoms. The second-order valence-corrected chi connectivity index (χ2v) is 4.76. The molecule has 0 saturated carbocycles. The van der Waals surface area contributed by atoms with Crippen LogP contribution in [0.2, 0.25) is 5.15 Å². The molecule has 2 rings (SSSR count). The molecule has 100 valence electrons. The summed E-state index contributed by atoms with van der Waals surface area (Å²) in [7, 11) is 0. The van der Waals surface area contributed by atoms with Crippen molar-refractivity contribution >= 4 is 11.6 Å². The van der Waals surface area contributed by atoms with Crippen LogP contribution < -0.4 is 0 Å². The Balaban J connectivity index is 2.44. The smallest absolute Gasteiger partial charge is 0.156 e. The zero-order chi connectivity index (χ0) is 13.8. The second kappa shape index (κ2) is 6.13. The Bertz CT molecular complexity index is 584. The molecule has 0 saturated heterocycles. The molecule has 19 heavy (non-hydrogen) atoms. The average Bonchev–Trinajstić information content (AvgIpc) is 2.39. The van der Waals surface area contributed by atoms with Crippen molar-refractivity contribution in [2.75, 3.05) is 6.61 Å². The molecule has 2 aromatic rings. The van der Waals surface area contributed by atoms with Gasteiger partial charge >= 0.3 is 0 Å². The predicted octanol–water partition coefficient (Wildman–Crippen LogP) is 3.95. The third kappa shape index (κ3) is 3.31. The summed E-state index contributed by atoms with van der Waals surface area (Å²) in [6.07, 6.45) is 0. The number of aromatic nitrogens is 2. The van der Waals surface area contributed by atoms with Gasteiger partial charge in [0.1, 0.15) is 11.8 Å². The average molecular weight is 277 g/mol. The van der Waals surface area contributed by atoms with E-state index in [0.29, 0.717) is 24.2 Å². The maximum absolute atomic E-state index is 6.06. The van der Waals surface area contributed by atoms with Crippen LogP contribution in [0.15, 0.2) is 24.3 Å². The minimum atomic E-state index is 0.384. The Labute approximate surface area is 118 Å². The highest BCUT2D eigenvalue weighted by Gasteiger charge is 2.09. The predicted molar refractivity (Wildman–Crippen MR) is 77.3 cm³/mol. The third-order valence-corrected chi connectivity index (χ3v) is 3.25. The first-order valence-corrected chi connectivity index (χ1v) is 6.67. The van der Waals surface area contributed by atoms with Crippen molar-refractivity contribution in [3.8, 4) is 11.3 Å². The van der Waals surface area contributed by atoms with E-state index in [9.17, 15) is 0 Å². The highest BCUT2D eigenvalue weighted by Crippen LogP contribution is 2.25. The van der Waals surface area contributed by atoms with Crippen LogP contribution in [0, 0.1) is 13.8 Å². The van der Waals surface area contributed by atoms with Crippen LogP contribution in [-0.2, 0) is 11.3 Å². The summed E-state index contributed by atoms with van der Waals surface area (Å²) in [4.78, 5) is 8.70. The SMILES string of the molecule is CCOCc1nc(Cl)cc(-c2cccc(C)c2C)n1. The molecular formula is C15H17ClN2O. The van der Waals surface area contributed by atoms with E-state index < -0.39 is 0 Å². The van der Waals surface area contributed by atoms with Gasteiger partial charge in [-0.15, -0.1) is 0 Å². The van der Waals surface area contributed by atoms with E-state index in [0.717, 1.165) is 11.3 Å². The van der Waals surface area contributed by atoms with Gasteiger partial charge in [-0.3, -0.25) is 0 Å². The number of hydrogen-bond donors (Lipinski definition) is 0. The lowest BCUT2D eigenvalue weighted by atomic mass is 10.0. The number of ether oxygens (including phenoxy) is 1. The normalized spacial score (nSPS) is 10.7. The molecule has 0 aliphatic heterocycles. The van der Waals surface area contributed by atoms with Gasteiger partial charge in [0.2, 0.25) is 0 Å². The maximum Gasteiger partial charge on any atom is 0.156 e. The van der Waals surface area contributed by atoms with E-state index in [1.165, 1.54) is 11.1 Å². The van der Waals surface area contributed by atoms with Gasteiger partial charge in [-0.1, -0.05) is 29.8 Å². The highest BCUT2D eigenvalue weighted by molar-refractivity contribution is 6.29. The fraction of sp³-hybridized carbons (Fsp3) is 0.333. The zero-order valence-electron chi connectivity index (χ0n) is 11.4. The van der Waals surface area contributed by atoms with Crippen LogP contribution in [0.1, 0.15) is 23.9 Å². The van der Waals surface area contributed by atoms with Gasteiger partial charge in [0, 0.05) is 18.2 Å². The van der Waals surface area contributed by atoms with Crippen LogP contribution in [0.3, 0.4) is 0 Å². The fourth-order valence-corrected chi connectivity index (χ4v) is 2.09. The molecule has 0 radical (unpaired) electrons. The Morgan fingerprint density at radius 2 is 2.00 bits per heavy atom. The molecule has 0 aliphatic rings. The van der Waals surface area contributed by atoms with E-state index in [4.69, 9.17) is 16.3 Å². The first-order valence-electron chi connectivity index (χ1n) is 6.29. The quantitative estimate of drug-likeness (QED) is 0.793. The van der Waals surface area contributed by atoms with Crippen LogP contribution in [0.5, 0.6) is 0 Å².